The number of carboxylic acid groups (broad SMARTS) is 2. The summed E-state index contributed by atoms with van der Waals surface area (Å²) in [4.78, 5) is 22.3. The summed E-state index contributed by atoms with van der Waals surface area (Å²) in [5.41, 5.74) is -0.694. The molecule has 0 saturated carbocycles. The monoisotopic (exact) mass is 277 g/mol. The van der Waals surface area contributed by atoms with Crippen LogP contribution in [0.5, 0.6) is 11.5 Å². The van der Waals surface area contributed by atoms with Gasteiger partial charge in [-0.2, -0.15) is 0 Å². The van der Waals surface area contributed by atoms with E-state index in [1.165, 1.54) is 0 Å². The van der Waals surface area contributed by atoms with Crippen LogP contribution >= 0.6 is 0 Å². The SMILES string of the molecule is O=C(O)c1c(O)c(O)c(C(=O)O)n1Cc1ccccc1. The molecular weight excluding hydrogens is 266 g/mol. The van der Waals surface area contributed by atoms with Crippen LogP contribution in [0.1, 0.15) is 26.5 Å². The third-order valence-corrected chi connectivity index (χ3v) is 2.80. The lowest BCUT2D eigenvalue weighted by Gasteiger charge is -2.08. The number of hydrogen-bond acceptors (Lipinski definition) is 4. The van der Waals surface area contributed by atoms with Crippen molar-refractivity contribution in [3.8, 4) is 11.5 Å². The molecule has 1 aromatic heterocycles. The van der Waals surface area contributed by atoms with E-state index in [1.54, 1.807) is 30.3 Å². The Morgan fingerprint density at radius 2 is 1.35 bits per heavy atom. The van der Waals surface area contributed by atoms with Crippen molar-refractivity contribution in [3.63, 3.8) is 0 Å². The highest BCUT2D eigenvalue weighted by atomic mass is 16.4. The standard InChI is InChI=1S/C13H11NO6/c15-10-8(12(17)18)14(9(11(10)16)13(19)20)6-7-4-2-1-3-5-7/h1-5,15-16H,6H2,(H,17,18)(H,19,20). The van der Waals surface area contributed by atoms with Crippen molar-refractivity contribution in [1.82, 2.24) is 4.57 Å². The van der Waals surface area contributed by atoms with Crippen molar-refractivity contribution < 1.29 is 30.0 Å². The number of benzene rings is 1. The van der Waals surface area contributed by atoms with Gasteiger partial charge < -0.3 is 25.0 Å². The predicted octanol–water partition coefficient (Wildman–Crippen LogP) is 1.34. The molecule has 0 saturated heterocycles. The highest BCUT2D eigenvalue weighted by molar-refractivity contribution is 5.98. The zero-order chi connectivity index (χ0) is 14.9. The Balaban J connectivity index is 2.63. The van der Waals surface area contributed by atoms with Gasteiger partial charge in [0, 0.05) is 6.54 Å². The second kappa shape index (κ2) is 4.96. The molecule has 0 amide bonds. The lowest BCUT2D eigenvalue weighted by atomic mass is 10.2. The van der Waals surface area contributed by atoms with Crippen molar-refractivity contribution in [3.05, 3.63) is 47.3 Å². The van der Waals surface area contributed by atoms with Crippen LogP contribution < -0.4 is 0 Å². The molecule has 7 heteroatoms. The van der Waals surface area contributed by atoms with Crippen LogP contribution in [-0.2, 0) is 6.54 Å². The maximum atomic E-state index is 11.1. The van der Waals surface area contributed by atoms with Gasteiger partial charge in [0.25, 0.3) is 0 Å². The van der Waals surface area contributed by atoms with E-state index in [-0.39, 0.29) is 6.54 Å². The van der Waals surface area contributed by atoms with E-state index in [4.69, 9.17) is 10.2 Å². The average molecular weight is 277 g/mol. The van der Waals surface area contributed by atoms with Gasteiger partial charge in [0.05, 0.1) is 0 Å². The molecule has 0 unspecified atom stereocenters. The molecule has 4 N–H and O–H groups in total. The van der Waals surface area contributed by atoms with Crippen LogP contribution in [-0.4, -0.2) is 36.9 Å². The van der Waals surface area contributed by atoms with Crippen molar-refractivity contribution in [1.29, 1.82) is 0 Å². The predicted molar refractivity (Wildman–Crippen MR) is 67.2 cm³/mol. The molecule has 0 spiro atoms. The summed E-state index contributed by atoms with van der Waals surface area (Å²) < 4.78 is 0.852. The van der Waals surface area contributed by atoms with Crippen molar-refractivity contribution in [2.45, 2.75) is 6.54 Å². The number of hydrogen-bond donors (Lipinski definition) is 4. The van der Waals surface area contributed by atoms with Crippen molar-refractivity contribution in [2.24, 2.45) is 0 Å². The third-order valence-electron chi connectivity index (χ3n) is 2.80. The second-order valence-corrected chi connectivity index (χ2v) is 4.08. The van der Waals surface area contributed by atoms with Crippen LogP contribution in [0, 0.1) is 0 Å². The molecule has 0 aliphatic rings. The molecule has 20 heavy (non-hydrogen) atoms. The Labute approximate surface area is 113 Å². The lowest BCUT2D eigenvalue weighted by Crippen LogP contribution is -2.15. The smallest absolute Gasteiger partial charge is 0.356 e. The molecule has 0 bridgehead atoms. The van der Waals surface area contributed by atoms with Crippen molar-refractivity contribution >= 4 is 11.9 Å². The molecule has 1 heterocycles. The van der Waals surface area contributed by atoms with Gasteiger partial charge in [0.1, 0.15) is 0 Å². The number of rotatable bonds is 4. The molecule has 2 aromatic rings. The summed E-state index contributed by atoms with van der Waals surface area (Å²) in [6.07, 6.45) is 0. The minimum atomic E-state index is -1.53. The maximum absolute atomic E-state index is 11.1. The third kappa shape index (κ3) is 2.16. The summed E-state index contributed by atoms with van der Waals surface area (Å²) in [6.45, 7) is -0.0990. The van der Waals surface area contributed by atoms with Gasteiger partial charge in [0.2, 0.25) is 0 Å². The molecule has 2 rings (SSSR count). The second-order valence-electron chi connectivity index (χ2n) is 4.08. The fraction of sp³-hybridized carbons (Fsp3) is 0.0769. The zero-order valence-electron chi connectivity index (χ0n) is 10.1. The molecular formula is C13H11NO6. The quantitative estimate of drug-likeness (QED) is 0.669. The molecule has 0 fully saturated rings. The molecule has 7 nitrogen and oxygen atoms in total. The largest absolute Gasteiger partial charge is 0.503 e. The number of aromatic hydroxyl groups is 2. The van der Waals surface area contributed by atoms with Crippen molar-refractivity contribution in [2.75, 3.05) is 0 Å². The highest BCUT2D eigenvalue weighted by Gasteiger charge is 2.30. The lowest BCUT2D eigenvalue weighted by molar-refractivity contribution is 0.0676. The van der Waals surface area contributed by atoms with E-state index in [0.717, 1.165) is 4.57 Å². The fourth-order valence-corrected chi connectivity index (χ4v) is 1.95. The van der Waals surface area contributed by atoms with Gasteiger partial charge in [-0.3, -0.25) is 0 Å². The van der Waals surface area contributed by atoms with E-state index < -0.39 is 34.8 Å². The maximum Gasteiger partial charge on any atom is 0.356 e. The molecule has 0 aliphatic carbocycles. The number of nitrogens with zero attached hydrogens (tertiary/aromatic N) is 1. The Morgan fingerprint density at radius 1 is 0.900 bits per heavy atom. The average Bonchev–Trinajstić information content (AvgIpc) is 2.62. The van der Waals surface area contributed by atoms with Crippen LogP contribution in [0.3, 0.4) is 0 Å². The Morgan fingerprint density at radius 3 is 1.75 bits per heavy atom. The summed E-state index contributed by atoms with van der Waals surface area (Å²) in [5, 5.41) is 37.3. The van der Waals surface area contributed by atoms with E-state index in [2.05, 4.69) is 0 Å². The van der Waals surface area contributed by atoms with Crippen LogP contribution in [0.25, 0.3) is 0 Å². The van der Waals surface area contributed by atoms with Gasteiger partial charge in [-0.1, -0.05) is 30.3 Å². The molecule has 104 valence electrons. The molecule has 0 atom stereocenters. The Bertz CT molecular complexity index is 636. The van der Waals surface area contributed by atoms with E-state index in [1.807, 2.05) is 0 Å². The first-order chi connectivity index (χ1) is 9.43. The number of aromatic carboxylic acids is 2. The summed E-state index contributed by atoms with van der Waals surface area (Å²) in [6, 6.07) is 8.51. The van der Waals surface area contributed by atoms with Gasteiger partial charge >= 0.3 is 11.9 Å². The Hall–Kier alpha value is -2.96. The number of carbonyl (C=O) groups is 2. The molecule has 0 radical (unpaired) electrons. The number of carboxylic acids is 2. The summed E-state index contributed by atoms with van der Waals surface area (Å²) in [7, 11) is 0. The van der Waals surface area contributed by atoms with Gasteiger partial charge in [-0.15, -0.1) is 0 Å². The summed E-state index contributed by atoms with van der Waals surface area (Å²) >= 11 is 0. The first-order valence-electron chi connectivity index (χ1n) is 5.58. The van der Waals surface area contributed by atoms with E-state index in [9.17, 15) is 19.8 Å². The van der Waals surface area contributed by atoms with Crippen LogP contribution in [0.15, 0.2) is 30.3 Å². The zero-order valence-corrected chi connectivity index (χ0v) is 10.1. The highest BCUT2D eigenvalue weighted by Crippen LogP contribution is 2.36. The minimum Gasteiger partial charge on any atom is -0.503 e. The molecule has 0 aliphatic heterocycles. The van der Waals surface area contributed by atoms with Gasteiger partial charge in [-0.25, -0.2) is 9.59 Å². The first kappa shape index (κ1) is 13.5. The van der Waals surface area contributed by atoms with Gasteiger partial charge in [-0.05, 0) is 5.56 Å². The topological polar surface area (TPSA) is 120 Å². The van der Waals surface area contributed by atoms with E-state index in [0.29, 0.717) is 5.56 Å². The summed E-state index contributed by atoms with van der Waals surface area (Å²) in [5.74, 6) is -4.96. The first-order valence-corrected chi connectivity index (χ1v) is 5.58. The normalized spacial score (nSPS) is 10.4. The Kier molecular flexibility index (Phi) is 3.34. The van der Waals surface area contributed by atoms with Crippen LogP contribution in [0.4, 0.5) is 0 Å². The molecule has 1 aromatic carbocycles. The van der Waals surface area contributed by atoms with Gasteiger partial charge in [0.15, 0.2) is 22.9 Å². The fourth-order valence-electron chi connectivity index (χ4n) is 1.95. The van der Waals surface area contributed by atoms with E-state index >= 15 is 0 Å². The van der Waals surface area contributed by atoms with Crippen LogP contribution in [0.2, 0.25) is 0 Å². The number of aromatic nitrogens is 1. The minimum absolute atomic E-state index is 0.0990.